The van der Waals surface area contributed by atoms with E-state index in [1.165, 1.54) is 4.90 Å². The number of fused-ring (bicyclic) bond motifs is 3. The minimum Gasteiger partial charge on any atom is -0.508 e. The maximum absolute atomic E-state index is 13.9. The number of primary amides is 1. The maximum Gasteiger partial charge on any atom is 0.255 e. The summed E-state index contributed by atoms with van der Waals surface area (Å²) in [5.74, 6) is -7.26. The highest BCUT2D eigenvalue weighted by molar-refractivity contribution is 6.36. The summed E-state index contributed by atoms with van der Waals surface area (Å²) in [4.78, 5) is 42.5. The number of aliphatic hydroxyl groups is 3. The van der Waals surface area contributed by atoms with Gasteiger partial charge in [0.2, 0.25) is 5.78 Å². The lowest BCUT2D eigenvalue weighted by Crippen LogP contribution is -2.65. The third-order valence-electron chi connectivity index (χ3n) is 7.92. The van der Waals surface area contributed by atoms with E-state index in [2.05, 4.69) is 0 Å². The molecule has 11 nitrogen and oxygen atoms in total. The van der Waals surface area contributed by atoms with Gasteiger partial charge in [0.25, 0.3) is 5.91 Å². The number of phenolic OH excluding ortho intramolecular Hbond substituents is 1. The molecule has 0 spiro atoms. The van der Waals surface area contributed by atoms with Crippen molar-refractivity contribution in [3.05, 3.63) is 33.1 Å². The number of nitrogen functional groups attached to an aromatic ring is 1. The second-order valence-electron chi connectivity index (χ2n) is 9.91. The third kappa shape index (κ3) is 3.44. The summed E-state index contributed by atoms with van der Waals surface area (Å²) in [6.45, 7) is 4.90. The molecule has 200 valence electrons. The van der Waals surface area contributed by atoms with Crippen molar-refractivity contribution in [3.8, 4) is 5.75 Å². The van der Waals surface area contributed by atoms with E-state index in [1.54, 1.807) is 14.1 Å². The summed E-state index contributed by atoms with van der Waals surface area (Å²) in [5.41, 5.74) is 8.35. The normalized spacial score (nSPS) is 27.3. The lowest BCUT2D eigenvalue weighted by Gasteiger charge is -2.50. The van der Waals surface area contributed by atoms with Gasteiger partial charge in [0.15, 0.2) is 17.1 Å². The molecule has 0 bridgehead atoms. The number of nitrogens with two attached hydrogens (primary N) is 2. The molecule has 1 amide bonds. The SMILES string of the molecule is CCN(CC)c1c(Cl)c(N)c(O)c2c1CC1CC3[C@H](N(C)C)C(=O)C(C(N)=O)=C(O)[C@@]3(O)C(=O)C1=C2O. The van der Waals surface area contributed by atoms with Gasteiger partial charge in [-0.05, 0) is 52.3 Å². The molecular formula is C25H31ClN4O7. The molecule has 0 heterocycles. The van der Waals surface area contributed by atoms with Crippen LogP contribution in [-0.4, -0.2) is 81.6 Å². The molecule has 0 aromatic heterocycles. The van der Waals surface area contributed by atoms with Crippen LogP contribution in [0.15, 0.2) is 16.9 Å². The highest BCUT2D eigenvalue weighted by atomic mass is 35.5. The average Bonchev–Trinajstić information content (AvgIpc) is 2.82. The van der Waals surface area contributed by atoms with Gasteiger partial charge in [0, 0.05) is 24.6 Å². The number of Topliss-reactive ketones (excluding diaryl/α,β-unsaturated/α-hetero) is 2. The van der Waals surface area contributed by atoms with E-state index in [0.717, 1.165) is 0 Å². The van der Waals surface area contributed by atoms with Gasteiger partial charge in [0.1, 0.15) is 17.1 Å². The van der Waals surface area contributed by atoms with Crippen molar-refractivity contribution in [1.29, 1.82) is 0 Å². The minimum absolute atomic E-state index is 0.00773. The summed E-state index contributed by atoms with van der Waals surface area (Å²) in [7, 11) is 3.10. The predicted molar refractivity (Wildman–Crippen MR) is 137 cm³/mol. The number of carbonyl (C=O) groups is 3. The Kier molecular flexibility index (Phi) is 6.46. The Morgan fingerprint density at radius 3 is 2.27 bits per heavy atom. The molecule has 3 aliphatic carbocycles. The maximum atomic E-state index is 13.9. The largest absolute Gasteiger partial charge is 0.508 e. The Labute approximate surface area is 218 Å². The van der Waals surface area contributed by atoms with Crippen LogP contribution in [0.5, 0.6) is 5.75 Å². The van der Waals surface area contributed by atoms with Gasteiger partial charge >= 0.3 is 0 Å². The number of nitrogens with zero attached hydrogens (tertiary/aromatic N) is 2. The summed E-state index contributed by atoms with van der Waals surface area (Å²) in [5, 5.41) is 44.9. The van der Waals surface area contributed by atoms with Gasteiger partial charge in [-0.15, -0.1) is 0 Å². The van der Waals surface area contributed by atoms with Crippen molar-refractivity contribution in [3.63, 3.8) is 0 Å². The molecule has 4 atom stereocenters. The van der Waals surface area contributed by atoms with Gasteiger partial charge < -0.3 is 36.8 Å². The Morgan fingerprint density at radius 2 is 1.76 bits per heavy atom. The highest BCUT2D eigenvalue weighted by Crippen LogP contribution is 2.56. The van der Waals surface area contributed by atoms with E-state index < -0.39 is 63.8 Å². The van der Waals surface area contributed by atoms with E-state index in [9.17, 15) is 34.8 Å². The molecule has 8 N–H and O–H groups in total. The molecule has 0 aliphatic heterocycles. The number of aromatic hydroxyl groups is 1. The zero-order chi connectivity index (χ0) is 27.7. The standard InChI is InChI=1S/C25H31ClN4O7/c1-5-30(6-2)17-10-7-9-8-11-18(29(3)4)21(33)14(24(28)36)23(35)25(11,37)22(34)12(9)19(31)13(10)20(32)16(27)15(17)26/h9,11,18,31-32,35,37H,5-8,27H2,1-4H3,(H2,28,36)/t9?,11?,18-,25-/m0/s1. The Hall–Kier alpha value is -3.28. The number of carbonyl (C=O) groups excluding carboxylic acids is 3. The molecule has 0 saturated heterocycles. The lowest BCUT2D eigenvalue weighted by atomic mass is 9.57. The predicted octanol–water partition coefficient (Wildman–Crippen LogP) is 1.05. The van der Waals surface area contributed by atoms with Gasteiger partial charge in [-0.3, -0.25) is 19.3 Å². The molecule has 1 fully saturated rings. The molecule has 37 heavy (non-hydrogen) atoms. The monoisotopic (exact) mass is 534 g/mol. The number of amides is 1. The van der Waals surface area contributed by atoms with Crippen LogP contribution in [0.25, 0.3) is 5.76 Å². The summed E-state index contributed by atoms with van der Waals surface area (Å²) in [6.07, 6.45) is 0.125. The van der Waals surface area contributed by atoms with Crippen LogP contribution < -0.4 is 16.4 Å². The van der Waals surface area contributed by atoms with E-state index in [4.69, 9.17) is 23.1 Å². The van der Waals surface area contributed by atoms with E-state index in [1.807, 2.05) is 18.7 Å². The zero-order valence-corrected chi connectivity index (χ0v) is 21.8. The fourth-order valence-corrected chi connectivity index (χ4v) is 6.54. The van der Waals surface area contributed by atoms with Crippen molar-refractivity contribution in [1.82, 2.24) is 4.90 Å². The molecule has 4 rings (SSSR count). The molecular weight excluding hydrogens is 504 g/mol. The van der Waals surface area contributed by atoms with Crippen molar-refractivity contribution in [2.45, 2.75) is 38.3 Å². The van der Waals surface area contributed by atoms with Crippen LogP contribution in [-0.2, 0) is 20.8 Å². The first kappa shape index (κ1) is 26.8. The van der Waals surface area contributed by atoms with Crippen LogP contribution in [0, 0.1) is 11.8 Å². The number of aliphatic hydroxyl groups excluding tert-OH is 2. The van der Waals surface area contributed by atoms with E-state index >= 15 is 0 Å². The fraction of sp³-hybridized carbons (Fsp3) is 0.480. The average molecular weight is 535 g/mol. The minimum atomic E-state index is -2.69. The lowest BCUT2D eigenvalue weighted by molar-refractivity contribution is -0.153. The van der Waals surface area contributed by atoms with Crippen LogP contribution in [0.2, 0.25) is 5.02 Å². The number of hydrogen-bond acceptors (Lipinski definition) is 10. The van der Waals surface area contributed by atoms with Crippen molar-refractivity contribution < 1.29 is 34.8 Å². The quantitative estimate of drug-likeness (QED) is 0.181. The number of likely N-dealkylation sites (N-methyl/N-ethyl adjacent to an activating group) is 1. The Morgan fingerprint density at radius 1 is 1.16 bits per heavy atom. The molecule has 1 saturated carbocycles. The number of ketones is 2. The fourth-order valence-electron chi connectivity index (χ4n) is 6.22. The Balaban J connectivity index is 2.03. The van der Waals surface area contributed by atoms with Crippen LogP contribution in [0.3, 0.4) is 0 Å². The summed E-state index contributed by atoms with van der Waals surface area (Å²) < 4.78 is 0. The third-order valence-corrected chi connectivity index (χ3v) is 8.30. The molecule has 1 aromatic rings. The smallest absolute Gasteiger partial charge is 0.255 e. The first-order chi connectivity index (χ1) is 17.2. The zero-order valence-electron chi connectivity index (χ0n) is 21.0. The second-order valence-corrected chi connectivity index (χ2v) is 10.3. The first-order valence-electron chi connectivity index (χ1n) is 12.0. The number of halogens is 1. The van der Waals surface area contributed by atoms with Crippen molar-refractivity contribution in [2.24, 2.45) is 17.6 Å². The van der Waals surface area contributed by atoms with Crippen molar-refractivity contribution in [2.75, 3.05) is 37.8 Å². The molecule has 12 heteroatoms. The van der Waals surface area contributed by atoms with Crippen molar-refractivity contribution >= 4 is 46.2 Å². The summed E-state index contributed by atoms with van der Waals surface area (Å²) in [6, 6.07) is -1.15. The molecule has 3 aliphatic rings. The van der Waals surface area contributed by atoms with E-state index in [0.29, 0.717) is 24.3 Å². The first-order valence-corrected chi connectivity index (χ1v) is 12.4. The number of rotatable bonds is 5. The van der Waals surface area contributed by atoms with Gasteiger partial charge in [-0.25, -0.2) is 0 Å². The summed E-state index contributed by atoms with van der Waals surface area (Å²) >= 11 is 6.56. The number of phenols is 1. The van der Waals surface area contributed by atoms with Gasteiger partial charge in [-0.1, -0.05) is 11.6 Å². The van der Waals surface area contributed by atoms with Crippen LogP contribution >= 0.6 is 11.6 Å². The number of anilines is 2. The van der Waals surface area contributed by atoms with E-state index in [-0.39, 0.29) is 34.7 Å². The van der Waals surface area contributed by atoms with Crippen LogP contribution in [0.1, 0.15) is 31.4 Å². The Bertz CT molecular complexity index is 1300. The molecule has 1 aromatic carbocycles. The second kappa shape index (κ2) is 8.93. The number of hydrogen-bond donors (Lipinski definition) is 6. The molecule has 2 unspecified atom stereocenters. The van der Waals surface area contributed by atoms with Gasteiger partial charge in [-0.2, -0.15) is 0 Å². The number of benzene rings is 1. The van der Waals surface area contributed by atoms with Crippen LogP contribution in [0.4, 0.5) is 11.4 Å². The molecule has 0 radical (unpaired) electrons. The van der Waals surface area contributed by atoms with Gasteiger partial charge in [0.05, 0.1) is 28.0 Å². The highest BCUT2D eigenvalue weighted by Gasteiger charge is 2.64. The topological polar surface area (TPSA) is 191 Å².